The minimum Gasteiger partial charge on any atom is -0.497 e. The minimum absolute atomic E-state index is 0.169. The van der Waals surface area contributed by atoms with Crippen LogP contribution in [0.2, 0.25) is 18.1 Å². The van der Waals surface area contributed by atoms with E-state index in [0.717, 1.165) is 29.4 Å². The van der Waals surface area contributed by atoms with Gasteiger partial charge in [0.15, 0.2) is 8.32 Å². The molecule has 5 heteroatoms. The molecule has 0 radical (unpaired) electrons. The highest BCUT2D eigenvalue weighted by Crippen LogP contribution is 2.37. The van der Waals surface area contributed by atoms with Crippen molar-refractivity contribution >= 4 is 8.32 Å². The van der Waals surface area contributed by atoms with Crippen LogP contribution in [-0.2, 0) is 17.6 Å². The first-order valence-corrected chi connectivity index (χ1v) is 13.0. The average Bonchev–Trinajstić information content (AvgIpc) is 3.09. The molecule has 0 saturated carbocycles. The van der Waals surface area contributed by atoms with E-state index in [1.54, 1.807) is 7.11 Å². The number of imidazole rings is 1. The smallest absolute Gasteiger partial charge is 0.192 e. The number of benzene rings is 2. The topological polar surface area (TPSA) is 36.3 Å². The monoisotopic (exact) mass is 408 g/mol. The van der Waals surface area contributed by atoms with Gasteiger partial charge in [-0.15, -0.1) is 0 Å². The lowest BCUT2D eigenvalue weighted by molar-refractivity contribution is 0.263. The fourth-order valence-corrected chi connectivity index (χ4v) is 3.77. The van der Waals surface area contributed by atoms with Gasteiger partial charge in [0.25, 0.3) is 0 Å². The van der Waals surface area contributed by atoms with Crippen molar-refractivity contribution in [2.45, 2.75) is 52.1 Å². The van der Waals surface area contributed by atoms with Crippen LogP contribution in [0.4, 0.5) is 0 Å². The Bertz CT molecular complexity index is 926. The van der Waals surface area contributed by atoms with Gasteiger partial charge in [0.1, 0.15) is 11.6 Å². The third-order valence-corrected chi connectivity index (χ3v) is 10.3. The van der Waals surface area contributed by atoms with Gasteiger partial charge in [0, 0.05) is 18.3 Å². The summed E-state index contributed by atoms with van der Waals surface area (Å²) in [5.41, 5.74) is 3.30. The number of hydrogen-bond acceptors (Lipinski definition) is 3. The maximum atomic E-state index is 6.48. The Morgan fingerprint density at radius 3 is 2.21 bits per heavy atom. The van der Waals surface area contributed by atoms with Gasteiger partial charge in [-0.25, -0.2) is 4.98 Å². The van der Waals surface area contributed by atoms with Crippen LogP contribution in [0.25, 0.3) is 11.3 Å². The van der Waals surface area contributed by atoms with E-state index < -0.39 is 8.32 Å². The van der Waals surface area contributed by atoms with Crippen LogP contribution < -0.4 is 4.74 Å². The molecule has 2 aromatic carbocycles. The number of aromatic nitrogens is 2. The molecular formula is C24H32N2O2Si. The molecule has 1 aromatic heterocycles. The number of nitrogens with zero attached hydrogens (tertiary/aromatic N) is 2. The Morgan fingerprint density at radius 2 is 1.62 bits per heavy atom. The van der Waals surface area contributed by atoms with E-state index >= 15 is 0 Å². The number of rotatable bonds is 7. The lowest BCUT2D eigenvalue weighted by atomic mass is 10.2. The van der Waals surface area contributed by atoms with E-state index in [1.807, 2.05) is 30.3 Å². The molecule has 0 N–H and O–H groups in total. The second kappa shape index (κ2) is 8.55. The molecular weight excluding hydrogens is 376 g/mol. The van der Waals surface area contributed by atoms with Gasteiger partial charge >= 0.3 is 0 Å². The molecule has 0 unspecified atom stereocenters. The Balaban J connectivity index is 1.89. The van der Waals surface area contributed by atoms with Crippen LogP contribution in [0.5, 0.6) is 5.75 Å². The molecule has 3 rings (SSSR count). The fourth-order valence-electron chi connectivity index (χ4n) is 2.84. The first-order chi connectivity index (χ1) is 13.7. The average molecular weight is 409 g/mol. The lowest BCUT2D eigenvalue weighted by Crippen LogP contribution is -2.40. The van der Waals surface area contributed by atoms with E-state index in [4.69, 9.17) is 14.1 Å². The first kappa shape index (κ1) is 21.3. The lowest BCUT2D eigenvalue weighted by Gasteiger charge is -2.36. The molecule has 0 aliphatic heterocycles. The van der Waals surface area contributed by atoms with Gasteiger partial charge in [-0.2, -0.15) is 0 Å². The van der Waals surface area contributed by atoms with Crippen LogP contribution in [0.1, 0.15) is 32.2 Å². The van der Waals surface area contributed by atoms with Crippen LogP contribution in [0, 0.1) is 0 Å². The highest BCUT2D eigenvalue weighted by atomic mass is 28.4. The normalized spacial score (nSPS) is 12.2. The molecule has 3 aromatic rings. The zero-order valence-electron chi connectivity index (χ0n) is 18.4. The third-order valence-electron chi connectivity index (χ3n) is 5.81. The molecule has 4 nitrogen and oxygen atoms in total. The van der Waals surface area contributed by atoms with Crippen molar-refractivity contribution in [3.05, 3.63) is 72.2 Å². The predicted octanol–water partition coefficient (Wildman–Crippen LogP) is 6.13. The largest absolute Gasteiger partial charge is 0.497 e. The fraction of sp³-hybridized carbons (Fsp3) is 0.375. The molecule has 29 heavy (non-hydrogen) atoms. The highest BCUT2D eigenvalue weighted by Gasteiger charge is 2.37. The standard InChI is InChI=1S/C24H32N2O2Si/c1-24(2,3)29(5,6)28-18-23-25-22(20-10-8-7-9-11-20)17-26(23)16-19-12-14-21(27-4)15-13-19/h7-15,17H,16,18H2,1-6H3. The summed E-state index contributed by atoms with van der Waals surface area (Å²) >= 11 is 0. The number of ether oxygens (including phenoxy) is 1. The van der Waals surface area contributed by atoms with Crippen molar-refractivity contribution in [3.8, 4) is 17.0 Å². The van der Waals surface area contributed by atoms with Gasteiger partial charge in [-0.05, 0) is 35.8 Å². The summed E-state index contributed by atoms with van der Waals surface area (Å²) in [5.74, 6) is 1.83. The molecule has 154 valence electrons. The molecule has 0 amide bonds. The second-order valence-electron chi connectivity index (χ2n) is 8.93. The summed E-state index contributed by atoms with van der Waals surface area (Å²) in [6.07, 6.45) is 2.13. The van der Waals surface area contributed by atoms with E-state index in [2.05, 4.69) is 68.9 Å². The first-order valence-electron chi connectivity index (χ1n) is 10.1. The SMILES string of the molecule is COc1ccc(Cn2cc(-c3ccccc3)nc2CO[Si](C)(C)C(C)(C)C)cc1. The predicted molar refractivity (Wildman–Crippen MR) is 122 cm³/mol. The van der Waals surface area contributed by atoms with Gasteiger partial charge in [-0.1, -0.05) is 63.2 Å². The summed E-state index contributed by atoms with van der Waals surface area (Å²) in [6.45, 7) is 12.6. The van der Waals surface area contributed by atoms with Crippen LogP contribution in [0.15, 0.2) is 60.8 Å². The Hall–Kier alpha value is -2.37. The van der Waals surface area contributed by atoms with Crippen molar-refractivity contribution in [2.75, 3.05) is 7.11 Å². The second-order valence-corrected chi connectivity index (χ2v) is 13.7. The van der Waals surface area contributed by atoms with Crippen LogP contribution >= 0.6 is 0 Å². The Morgan fingerprint density at radius 1 is 0.966 bits per heavy atom. The summed E-state index contributed by atoms with van der Waals surface area (Å²) in [4.78, 5) is 4.93. The maximum Gasteiger partial charge on any atom is 0.192 e. The van der Waals surface area contributed by atoms with E-state index in [0.29, 0.717) is 6.61 Å². The summed E-state index contributed by atoms with van der Waals surface area (Å²) in [5, 5.41) is 0.169. The van der Waals surface area contributed by atoms with Crippen molar-refractivity contribution in [1.29, 1.82) is 0 Å². The Labute approximate surface area is 175 Å². The minimum atomic E-state index is -1.85. The molecule has 0 atom stereocenters. The van der Waals surface area contributed by atoms with Crippen molar-refractivity contribution in [3.63, 3.8) is 0 Å². The summed E-state index contributed by atoms with van der Waals surface area (Å²) in [7, 11) is -0.167. The van der Waals surface area contributed by atoms with Crippen molar-refractivity contribution < 1.29 is 9.16 Å². The molecule has 0 aliphatic carbocycles. The quantitative estimate of drug-likeness (QED) is 0.441. The number of methoxy groups -OCH3 is 1. The summed E-state index contributed by atoms with van der Waals surface area (Å²) < 4.78 is 14.0. The number of hydrogen-bond donors (Lipinski definition) is 0. The summed E-state index contributed by atoms with van der Waals surface area (Å²) in [6, 6.07) is 18.5. The maximum absolute atomic E-state index is 6.48. The highest BCUT2D eigenvalue weighted by molar-refractivity contribution is 6.74. The molecule has 0 saturated heterocycles. The van der Waals surface area contributed by atoms with E-state index in [-0.39, 0.29) is 5.04 Å². The zero-order chi connectivity index (χ0) is 21.1. The van der Waals surface area contributed by atoms with Gasteiger partial charge < -0.3 is 13.7 Å². The van der Waals surface area contributed by atoms with Gasteiger partial charge in [0.2, 0.25) is 0 Å². The molecule has 0 bridgehead atoms. The van der Waals surface area contributed by atoms with E-state index in [9.17, 15) is 0 Å². The van der Waals surface area contributed by atoms with E-state index in [1.165, 1.54) is 5.56 Å². The van der Waals surface area contributed by atoms with Gasteiger partial charge in [0.05, 0.1) is 19.4 Å². The third kappa shape index (κ3) is 5.17. The molecule has 0 fully saturated rings. The van der Waals surface area contributed by atoms with Crippen molar-refractivity contribution in [2.24, 2.45) is 0 Å². The molecule has 1 heterocycles. The molecule has 0 spiro atoms. The van der Waals surface area contributed by atoms with Crippen LogP contribution in [0.3, 0.4) is 0 Å². The zero-order valence-corrected chi connectivity index (χ0v) is 19.4. The Kier molecular flexibility index (Phi) is 6.29. The van der Waals surface area contributed by atoms with Crippen LogP contribution in [-0.4, -0.2) is 25.0 Å². The van der Waals surface area contributed by atoms with Crippen molar-refractivity contribution in [1.82, 2.24) is 9.55 Å². The van der Waals surface area contributed by atoms with Gasteiger partial charge in [-0.3, -0.25) is 0 Å². The molecule has 0 aliphatic rings.